The molecule has 0 heterocycles. The first kappa shape index (κ1) is 32.6. The average molecular weight is 547 g/mol. The van der Waals surface area contributed by atoms with Crippen molar-refractivity contribution in [3.63, 3.8) is 0 Å². The molecule has 0 radical (unpaired) electrons. The third-order valence-electron chi connectivity index (χ3n) is 4.47. The lowest BCUT2D eigenvalue weighted by Gasteiger charge is -2.29. The van der Waals surface area contributed by atoms with Gasteiger partial charge >= 0.3 is 24.0 Å². The van der Waals surface area contributed by atoms with E-state index in [9.17, 15) is 45.1 Å². The summed E-state index contributed by atoms with van der Waals surface area (Å²) in [4.78, 5) is 36.6. The van der Waals surface area contributed by atoms with Gasteiger partial charge in [0.2, 0.25) is 5.91 Å². The van der Waals surface area contributed by atoms with Gasteiger partial charge in [0.1, 0.15) is 12.1 Å². The normalized spacial score (nSPS) is 14.3. The molecule has 0 aromatic heterocycles. The number of ether oxygens (including phenoxy) is 1. The van der Waals surface area contributed by atoms with Gasteiger partial charge in [-0.1, -0.05) is 19.8 Å². The predicted octanol–water partition coefficient (Wildman–Crippen LogP) is 4.03. The first-order chi connectivity index (χ1) is 15.7. The van der Waals surface area contributed by atoms with Crippen molar-refractivity contribution in [1.82, 2.24) is 10.6 Å². The molecule has 200 valence electrons. The van der Waals surface area contributed by atoms with Crippen LogP contribution in [0.5, 0.6) is 0 Å². The van der Waals surface area contributed by atoms with Crippen molar-refractivity contribution in [1.29, 1.82) is 0 Å². The van der Waals surface area contributed by atoms with E-state index in [1.165, 1.54) is 17.1 Å². The molecule has 0 rings (SSSR count). The van der Waals surface area contributed by atoms with Crippen molar-refractivity contribution in [2.75, 3.05) is 30.6 Å². The monoisotopic (exact) mass is 546 g/mol. The Morgan fingerprint density at radius 2 is 1.38 bits per heavy atom. The van der Waals surface area contributed by atoms with Gasteiger partial charge in [-0.3, -0.25) is 9.59 Å². The fraction of sp³-hybridized carbons (Fsp3) is 0.842. The van der Waals surface area contributed by atoms with Crippen LogP contribution in [-0.2, 0) is 19.1 Å². The quantitative estimate of drug-likeness (QED) is 0.173. The number of amides is 2. The molecular weight excluding hydrogens is 517 g/mol. The number of alkyl halides is 7. The van der Waals surface area contributed by atoms with E-state index in [1.54, 1.807) is 12.5 Å². The number of hydrogen-bond acceptors (Lipinski definition) is 6. The molecule has 15 heteroatoms. The van der Waals surface area contributed by atoms with Crippen molar-refractivity contribution < 1.29 is 49.9 Å². The molecule has 0 saturated heterocycles. The number of nitrogens with one attached hydrogen (secondary N) is 2. The summed E-state index contributed by atoms with van der Waals surface area (Å²) in [6, 6.07) is -3.12. The molecule has 2 N–H and O–H groups in total. The van der Waals surface area contributed by atoms with E-state index >= 15 is 0 Å². The second-order valence-corrected chi connectivity index (χ2v) is 9.14. The van der Waals surface area contributed by atoms with Crippen molar-refractivity contribution in [2.45, 2.75) is 69.1 Å². The molecule has 0 aliphatic rings. The van der Waals surface area contributed by atoms with Gasteiger partial charge in [0.15, 0.2) is 0 Å². The Morgan fingerprint density at radius 1 is 0.853 bits per heavy atom. The van der Waals surface area contributed by atoms with Gasteiger partial charge < -0.3 is 15.4 Å². The highest BCUT2D eigenvalue weighted by atomic mass is 32.2. The predicted molar refractivity (Wildman–Crippen MR) is 116 cm³/mol. The van der Waals surface area contributed by atoms with Crippen LogP contribution in [0.25, 0.3) is 0 Å². The molecule has 0 bridgehead atoms. The topological polar surface area (TPSA) is 84.5 Å². The van der Waals surface area contributed by atoms with Crippen LogP contribution in [0, 0.1) is 0 Å². The molecule has 2 unspecified atom stereocenters. The summed E-state index contributed by atoms with van der Waals surface area (Å²) >= 11 is 2.43. The minimum Gasteiger partial charge on any atom is -0.464 e. The van der Waals surface area contributed by atoms with Crippen LogP contribution in [0.15, 0.2) is 0 Å². The number of halogens is 7. The smallest absolute Gasteiger partial charge is 0.460 e. The van der Waals surface area contributed by atoms with Crippen LogP contribution in [0.1, 0.15) is 39.0 Å². The molecule has 0 aromatic carbocycles. The summed E-state index contributed by atoms with van der Waals surface area (Å²) in [5.74, 6) is -17.3. The lowest BCUT2D eigenvalue weighted by Crippen LogP contribution is -2.62. The number of esters is 1. The van der Waals surface area contributed by atoms with Crippen LogP contribution in [0.2, 0.25) is 0 Å². The zero-order valence-electron chi connectivity index (χ0n) is 18.9. The Bertz CT molecular complexity index is 667. The van der Waals surface area contributed by atoms with E-state index in [-0.39, 0.29) is 25.2 Å². The van der Waals surface area contributed by atoms with Gasteiger partial charge in [-0.2, -0.15) is 54.3 Å². The zero-order chi connectivity index (χ0) is 26.6. The van der Waals surface area contributed by atoms with Crippen molar-refractivity contribution in [3.8, 4) is 0 Å². The van der Waals surface area contributed by atoms with Crippen molar-refractivity contribution in [3.05, 3.63) is 0 Å². The van der Waals surface area contributed by atoms with Crippen LogP contribution in [0.3, 0.4) is 0 Å². The van der Waals surface area contributed by atoms with Crippen LogP contribution < -0.4 is 10.6 Å². The fourth-order valence-electron chi connectivity index (χ4n) is 2.46. The Labute approximate surface area is 201 Å². The number of unbranched alkanes of at least 4 members (excludes halogenated alkanes) is 2. The lowest BCUT2D eigenvalue weighted by atomic mass is 10.1. The summed E-state index contributed by atoms with van der Waals surface area (Å²) in [7, 11) is 0. The SMILES string of the molecule is CCCCCOC(=O)C(CCSC)NC(=O)C(CCSC)NC(=O)C(F)(F)C(F)(F)C(F)(F)F. The lowest BCUT2D eigenvalue weighted by molar-refractivity contribution is -0.344. The number of carbonyl (C=O) groups is 3. The number of hydrogen-bond donors (Lipinski definition) is 2. The first-order valence-corrected chi connectivity index (χ1v) is 13.0. The second kappa shape index (κ2) is 14.9. The maximum absolute atomic E-state index is 13.7. The first-order valence-electron chi connectivity index (χ1n) is 10.3. The highest BCUT2D eigenvalue weighted by Crippen LogP contribution is 2.46. The average Bonchev–Trinajstić information content (AvgIpc) is 2.75. The molecule has 2 atom stereocenters. The summed E-state index contributed by atoms with van der Waals surface area (Å²) < 4.78 is 96.0. The minimum atomic E-state index is -6.70. The van der Waals surface area contributed by atoms with Crippen molar-refractivity contribution >= 4 is 41.3 Å². The van der Waals surface area contributed by atoms with Gasteiger partial charge in [0.05, 0.1) is 6.61 Å². The Hall–Kier alpha value is -1.38. The highest BCUT2D eigenvalue weighted by Gasteiger charge is 2.76. The Morgan fingerprint density at radius 3 is 1.85 bits per heavy atom. The van der Waals surface area contributed by atoms with Crippen LogP contribution >= 0.6 is 23.5 Å². The molecule has 0 fully saturated rings. The minimum absolute atomic E-state index is 0.0660. The molecule has 0 aliphatic heterocycles. The Balaban J connectivity index is 5.53. The van der Waals surface area contributed by atoms with E-state index in [1.807, 2.05) is 6.92 Å². The summed E-state index contributed by atoms with van der Waals surface area (Å²) in [5, 5.41) is 3.50. The maximum Gasteiger partial charge on any atom is 0.460 e. The molecule has 0 aromatic rings. The zero-order valence-corrected chi connectivity index (χ0v) is 20.5. The molecule has 0 spiro atoms. The molecule has 6 nitrogen and oxygen atoms in total. The fourth-order valence-corrected chi connectivity index (χ4v) is 3.40. The van der Waals surface area contributed by atoms with Gasteiger partial charge in [-0.15, -0.1) is 0 Å². The third-order valence-corrected chi connectivity index (χ3v) is 5.76. The summed E-state index contributed by atoms with van der Waals surface area (Å²) in [6.07, 6.45) is -1.50. The molecule has 34 heavy (non-hydrogen) atoms. The van der Waals surface area contributed by atoms with E-state index in [0.29, 0.717) is 12.2 Å². The van der Waals surface area contributed by atoms with Gasteiger partial charge in [0, 0.05) is 0 Å². The summed E-state index contributed by atoms with van der Waals surface area (Å²) in [5.41, 5.74) is 0. The van der Waals surface area contributed by atoms with E-state index in [4.69, 9.17) is 4.74 Å². The van der Waals surface area contributed by atoms with Gasteiger partial charge in [-0.25, -0.2) is 4.79 Å². The number of carbonyl (C=O) groups excluding carboxylic acids is 3. The highest BCUT2D eigenvalue weighted by molar-refractivity contribution is 7.98. The molecule has 0 aliphatic carbocycles. The van der Waals surface area contributed by atoms with E-state index < -0.39 is 47.9 Å². The molecule has 2 amide bonds. The second-order valence-electron chi connectivity index (χ2n) is 7.17. The van der Waals surface area contributed by atoms with E-state index in [2.05, 4.69) is 5.32 Å². The van der Waals surface area contributed by atoms with E-state index in [0.717, 1.165) is 24.6 Å². The largest absolute Gasteiger partial charge is 0.464 e. The van der Waals surface area contributed by atoms with Crippen LogP contribution in [0.4, 0.5) is 30.7 Å². The number of thioether (sulfide) groups is 2. The molecular formula is C19H29F7N2O4S2. The maximum atomic E-state index is 13.7. The molecule has 0 saturated carbocycles. The van der Waals surface area contributed by atoms with Crippen LogP contribution in [-0.4, -0.2) is 78.5 Å². The van der Waals surface area contributed by atoms with Gasteiger partial charge in [-0.05, 0) is 43.3 Å². The third kappa shape index (κ3) is 9.70. The number of rotatable bonds is 16. The standard InChI is InChI=1S/C19H29F7N2O4S2/c1-4-5-6-9-32-15(30)13(8-11-34-3)27-14(29)12(7-10-33-2)28-16(31)17(20,21)18(22,23)19(24,25)26/h12-13H,4-11H2,1-3H3,(H,27,29)(H,28,31). The van der Waals surface area contributed by atoms with Crippen molar-refractivity contribution in [2.24, 2.45) is 0 Å². The Kier molecular flexibility index (Phi) is 14.3. The summed E-state index contributed by atoms with van der Waals surface area (Å²) in [6.45, 7) is 2.00. The van der Waals surface area contributed by atoms with Gasteiger partial charge in [0.25, 0.3) is 5.91 Å².